The van der Waals surface area contributed by atoms with Crippen LogP contribution in [0.3, 0.4) is 0 Å². The highest BCUT2D eigenvalue weighted by atomic mass is 127. The lowest BCUT2D eigenvalue weighted by molar-refractivity contribution is -0.141. The van der Waals surface area contributed by atoms with E-state index in [9.17, 15) is 9.59 Å². The molecule has 0 N–H and O–H groups in total. The van der Waals surface area contributed by atoms with Crippen LogP contribution in [0.25, 0.3) is 0 Å². The molecule has 0 spiro atoms. The zero-order chi connectivity index (χ0) is 8.85. The van der Waals surface area contributed by atoms with E-state index in [-0.39, 0.29) is 9.89 Å². The Morgan fingerprint density at radius 2 is 1.91 bits per heavy atom. The summed E-state index contributed by atoms with van der Waals surface area (Å²) in [4.78, 5) is 21.0. The smallest absolute Gasteiger partial charge is 0.331 e. The van der Waals surface area contributed by atoms with Gasteiger partial charge in [0, 0.05) is 28.7 Å². The van der Waals surface area contributed by atoms with E-state index in [2.05, 4.69) is 0 Å². The van der Waals surface area contributed by atoms with Crippen molar-refractivity contribution in [1.29, 1.82) is 0 Å². The number of hydrogen-bond donors (Lipinski definition) is 0. The monoisotopic (exact) mass is 268 g/mol. The van der Waals surface area contributed by atoms with Crippen LogP contribution >= 0.6 is 22.6 Å². The molecule has 3 nitrogen and oxygen atoms in total. The third kappa shape index (κ3) is 7.51. The van der Waals surface area contributed by atoms with Crippen molar-refractivity contribution in [1.82, 2.24) is 0 Å². The van der Waals surface area contributed by atoms with E-state index in [1.165, 1.54) is 6.08 Å². The lowest BCUT2D eigenvalue weighted by Crippen LogP contribution is -2.08. The van der Waals surface area contributed by atoms with Crippen LogP contribution in [0.1, 0.15) is 13.8 Å². The number of esters is 1. The second kappa shape index (κ2) is 5.29. The van der Waals surface area contributed by atoms with E-state index in [1.54, 1.807) is 36.4 Å². The van der Waals surface area contributed by atoms with Gasteiger partial charge in [-0.15, -0.1) is 0 Å². The number of allylic oxidation sites excluding steroid dienone is 1. The summed E-state index contributed by atoms with van der Waals surface area (Å²) in [5.74, 6) is -0.481. The Hall–Kier alpha value is -0.390. The zero-order valence-corrected chi connectivity index (χ0v) is 8.49. The summed E-state index contributed by atoms with van der Waals surface area (Å²) >= 11 is 1.58. The summed E-state index contributed by atoms with van der Waals surface area (Å²) in [7, 11) is 0. The molecule has 0 saturated carbocycles. The number of rotatable bonds is 3. The fraction of sp³-hybridized carbons (Fsp3) is 0.429. The van der Waals surface area contributed by atoms with Gasteiger partial charge < -0.3 is 4.74 Å². The molecule has 4 heteroatoms. The minimum atomic E-state index is -0.481. The minimum absolute atomic E-state index is 0.142. The molecule has 0 saturated heterocycles. The molecular weight excluding hydrogens is 259 g/mol. The molecule has 0 aromatic rings. The van der Waals surface area contributed by atoms with Crippen molar-refractivity contribution in [2.45, 2.75) is 20.0 Å². The first-order valence-electron chi connectivity index (χ1n) is 3.10. The zero-order valence-electron chi connectivity index (χ0n) is 6.33. The van der Waals surface area contributed by atoms with Crippen LogP contribution in [-0.2, 0) is 14.3 Å². The van der Waals surface area contributed by atoms with Crippen LogP contribution < -0.4 is 0 Å². The molecule has 0 aliphatic heterocycles. The molecule has 0 aliphatic rings. The first-order chi connectivity index (χ1) is 5.02. The number of ether oxygens (including phenoxy) is 1. The van der Waals surface area contributed by atoms with Crippen LogP contribution in [0, 0.1) is 0 Å². The summed E-state index contributed by atoms with van der Waals surface area (Å²) in [5.41, 5.74) is 0. The Balaban J connectivity index is 3.78. The molecule has 11 heavy (non-hydrogen) atoms. The summed E-state index contributed by atoms with van der Waals surface area (Å²) in [5, 5.41) is 0. The first kappa shape index (κ1) is 10.6. The van der Waals surface area contributed by atoms with E-state index < -0.39 is 5.97 Å². The van der Waals surface area contributed by atoms with E-state index >= 15 is 0 Å². The molecular formula is C7H9IO3. The molecule has 0 aromatic heterocycles. The van der Waals surface area contributed by atoms with Crippen molar-refractivity contribution in [3.63, 3.8) is 0 Å². The van der Waals surface area contributed by atoms with Crippen molar-refractivity contribution < 1.29 is 14.3 Å². The number of halogens is 1. The normalized spacial score (nSPS) is 10.5. The molecule has 0 aromatic carbocycles. The fourth-order valence-electron chi connectivity index (χ4n) is 0.405. The molecule has 0 rings (SSSR count). The van der Waals surface area contributed by atoms with Gasteiger partial charge in [0.2, 0.25) is 3.79 Å². The molecule has 0 aliphatic carbocycles. The highest BCUT2D eigenvalue weighted by molar-refractivity contribution is 14.1. The predicted molar refractivity (Wildman–Crippen MR) is 49.4 cm³/mol. The Morgan fingerprint density at radius 1 is 1.36 bits per heavy atom. The Kier molecular flexibility index (Phi) is 5.10. The van der Waals surface area contributed by atoms with Crippen LogP contribution in [-0.4, -0.2) is 15.9 Å². The fourth-order valence-corrected chi connectivity index (χ4v) is 0.585. The minimum Gasteiger partial charge on any atom is -0.460 e. The van der Waals surface area contributed by atoms with Crippen molar-refractivity contribution in [2.24, 2.45) is 0 Å². The first-order valence-corrected chi connectivity index (χ1v) is 4.18. The molecule has 0 radical (unpaired) electrons. The van der Waals surface area contributed by atoms with Gasteiger partial charge in [0.1, 0.15) is 0 Å². The van der Waals surface area contributed by atoms with Crippen molar-refractivity contribution in [3.8, 4) is 0 Å². The van der Waals surface area contributed by atoms with Gasteiger partial charge in [-0.05, 0) is 19.9 Å². The predicted octanol–water partition coefficient (Wildman–Crippen LogP) is 1.46. The standard InChI is InChI=1S/C7H9IO3/c1-5(2)11-7(10)4-3-6(8)9/h3-5H,1-2H3/b4-3+. The Labute approximate surface area is 78.9 Å². The Morgan fingerprint density at radius 3 is 2.27 bits per heavy atom. The molecule has 0 heterocycles. The van der Waals surface area contributed by atoms with Gasteiger partial charge >= 0.3 is 5.97 Å². The van der Waals surface area contributed by atoms with Gasteiger partial charge in [-0.2, -0.15) is 0 Å². The van der Waals surface area contributed by atoms with Gasteiger partial charge in [0.05, 0.1) is 6.10 Å². The lowest BCUT2D eigenvalue weighted by Gasteiger charge is -2.03. The second-order valence-corrected chi connectivity index (χ2v) is 3.19. The van der Waals surface area contributed by atoms with Gasteiger partial charge in [-0.3, -0.25) is 4.79 Å². The van der Waals surface area contributed by atoms with E-state index in [0.29, 0.717) is 0 Å². The van der Waals surface area contributed by atoms with Gasteiger partial charge in [-0.1, -0.05) is 0 Å². The van der Waals surface area contributed by atoms with Gasteiger partial charge in [-0.25, -0.2) is 4.79 Å². The van der Waals surface area contributed by atoms with Crippen molar-refractivity contribution in [3.05, 3.63) is 12.2 Å². The average molecular weight is 268 g/mol. The molecule has 0 amide bonds. The summed E-state index contributed by atoms with van der Waals surface area (Å²) < 4.78 is 4.53. The second-order valence-electron chi connectivity index (χ2n) is 2.12. The molecule has 0 unspecified atom stereocenters. The number of carbonyl (C=O) groups is 2. The van der Waals surface area contributed by atoms with Gasteiger partial charge in [0.25, 0.3) is 0 Å². The maximum atomic E-state index is 10.7. The number of hydrogen-bond acceptors (Lipinski definition) is 3. The van der Waals surface area contributed by atoms with E-state index in [0.717, 1.165) is 6.08 Å². The van der Waals surface area contributed by atoms with Crippen LogP contribution in [0.15, 0.2) is 12.2 Å². The summed E-state index contributed by atoms with van der Waals surface area (Å²) in [6.45, 7) is 3.50. The summed E-state index contributed by atoms with van der Waals surface area (Å²) in [6, 6.07) is 0. The van der Waals surface area contributed by atoms with Gasteiger partial charge in [0.15, 0.2) is 0 Å². The molecule has 0 fully saturated rings. The van der Waals surface area contributed by atoms with E-state index in [4.69, 9.17) is 4.74 Å². The maximum absolute atomic E-state index is 10.7. The molecule has 0 bridgehead atoms. The van der Waals surface area contributed by atoms with Crippen LogP contribution in [0.2, 0.25) is 0 Å². The Bertz CT molecular complexity index is 184. The molecule has 0 atom stereocenters. The van der Waals surface area contributed by atoms with Crippen molar-refractivity contribution in [2.75, 3.05) is 0 Å². The highest BCUT2D eigenvalue weighted by Crippen LogP contribution is 1.92. The van der Waals surface area contributed by atoms with E-state index in [1.807, 2.05) is 0 Å². The summed E-state index contributed by atoms with van der Waals surface area (Å²) in [6.07, 6.45) is 2.15. The average Bonchev–Trinajstić information content (AvgIpc) is 1.82. The SMILES string of the molecule is CC(C)OC(=O)/C=C/C(=O)I. The third-order valence-electron chi connectivity index (χ3n) is 0.702. The molecule has 62 valence electrons. The topological polar surface area (TPSA) is 43.4 Å². The highest BCUT2D eigenvalue weighted by Gasteiger charge is 1.99. The van der Waals surface area contributed by atoms with Crippen LogP contribution in [0.5, 0.6) is 0 Å². The van der Waals surface area contributed by atoms with Crippen molar-refractivity contribution >= 4 is 32.4 Å². The van der Waals surface area contributed by atoms with Crippen LogP contribution in [0.4, 0.5) is 0 Å². The lowest BCUT2D eigenvalue weighted by atomic mass is 10.4. The number of carbonyl (C=O) groups excluding carboxylic acids is 2. The maximum Gasteiger partial charge on any atom is 0.331 e. The largest absolute Gasteiger partial charge is 0.460 e. The quantitative estimate of drug-likeness (QED) is 0.337. The third-order valence-corrected chi connectivity index (χ3v) is 1.06.